The summed E-state index contributed by atoms with van der Waals surface area (Å²) in [6.07, 6.45) is 8.60. The molecule has 1 aromatic heterocycles. The van der Waals surface area contributed by atoms with Crippen molar-refractivity contribution in [2.45, 2.75) is 78.0 Å². The first-order valence-electron chi connectivity index (χ1n) is 8.34. The quantitative estimate of drug-likeness (QED) is 0.877. The van der Waals surface area contributed by atoms with E-state index in [9.17, 15) is 0 Å². The number of nitrogens with one attached hydrogen (secondary N) is 1. The number of rotatable bonds is 5. The predicted molar refractivity (Wildman–Crippen MR) is 87.5 cm³/mol. The van der Waals surface area contributed by atoms with Gasteiger partial charge in [-0.3, -0.25) is 0 Å². The highest BCUT2D eigenvalue weighted by Gasteiger charge is 2.25. The third-order valence-corrected chi connectivity index (χ3v) is 4.26. The van der Waals surface area contributed by atoms with Crippen molar-refractivity contribution in [3.8, 4) is 5.88 Å². The van der Waals surface area contributed by atoms with Gasteiger partial charge in [-0.1, -0.05) is 19.4 Å². The molecule has 1 aromatic rings. The highest BCUT2D eigenvalue weighted by molar-refractivity contribution is 5.18. The fraction of sp³-hybridized carbons (Fsp3) is 0.722. The molecule has 2 unspecified atom stereocenters. The van der Waals surface area contributed by atoms with Gasteiger partial charge < -0.3 is 10.1 Å². The average Bonchev–Trinajstić information content (AvgIpc) is 2.46. The lowest BCUT2D eigenvalue weighted by Gasteiger charge is -2.30. The Hall–Kier alpha value is -1.09. The topological polar surface area (TPSA) is 34.1 Å². The zero-order valence-electron chi connectivity index (χ0n) is 14.0. The Morgan fingerprint density at radius 2 is 2.00 bits per heavy atom. The zero-order valence-corrected chi connectivity index (χ0v) is 14.0. The van der Waals surface area contributed by atoms with Gasteiger partial charge in [0.1, 0.15) is 6.10 Å². The van der Waals surface area contributed by atoms with Crippen LogP contribution in [-0.2, 0) is 6.54 Å². The van der Waals surface area contributed by atoms with E-state index >= 15 is 0 Å². The van der Waals surface area contributed by atoms with Gasteiger partial charge in [0.15, 0.2) is 0 Å². The molecule has 0 saturated heterocycles. The van der Waals surface area contributed by atoms with Crippen molar-refractivity contribution >= 4 is 0 Å². The fourth-order valence-corrected chi connectivity index (χ4v) is 2.90. The van der Waals surface area contributed by atoms with Gasteiger partial charge in [-0.15, -0.1) is 0 Å². The number of hydrogen-bond acceptors (Lipinski definition) is 3. The maximum absolute atomic E-state index is 6.13. The number of ether oxygens (including phenoxy) is 1. The van der Waals surface area contributed by atoms with Crippen molar-refractivity contribution in [1.29, 1.82) is 0 Å². The Kier molecular flexibility index (Phi) is 5.63. The SMILES string of the molecule is CCC1CCCCC1Oc1ccc(CNC(C)(C)C)cn1. The standard InChI is InChI=1S/C18H30N2O/c1-5-15-8-6-7-9-16(15)21-17-11-10-14(12-19-17)13-20-18(2,3)4/h10-12,15-16,20H,5-9,13H2,1-4H3. The Balaban J connectivity index is 1.89. The van der Waals surface area contributed by atoms with Gasteiger partial charge in [-0.2, -0.15) is 0 Å². The molecule has 3 heteroatoms. The van der Waals surface area contributed by atoms with E-state index in [4.69, 9.17) is 4.74 Å². The Bertz CT molecular complexity index is 422. The van der Waals surface area contributed by atoms with Crippen LogP contribution in [0.1, 0.15) is 65.4 Å². The van der Waals surface area contributed by atoms with Crippen molar-refractivity contribution < 1.29 is 4.74 Å². The van der Waals surface area contributed by atoms with E-state index in [2.05, 4.69) is 44.1 Å². The van der Waals surface area contributed by atoms with Gasteiger partial charge in [0, 0.05) is 24.3 Å². The molecule has 0 aliphatic heterocycles. The second-order valence-electron chi connectivity index (χ2n) is 7.22. The van der Waals surface area contributed by atoms with E-state index in [1.54, 1.807) is 0 Å². The van der Waals surface area contributed by atoms with Crippen LogP contribution in [0.2, 0.25) is 0 Å². The maximum atomic E-state index is 6.13. The lowest BCUT2D eigenvalue weighted by atomic mass is 9.85. The fourth-order valence-electron chi connectivity index (χ4n) is 2.90. The first kappa shape index (κ1) is 16.3. The van der Waals surface area contributed by atoms with Crippen molar-refractivity contribution in [3.63, 3.8) is 0 Å². The molecule has 2 atom stereocenters. The number of nitrogens with zero attached hydrogens (tertiary/aromatic N) is 1. The van der Waals surface area contributed by atoms with Gasteiger partial charge in [-0.05, 0) is 57.9 Å². The van der Waals surface area contributed by atoms with E-state index in [0.29, 0.717) is 12.0 Å². The van der Waals surface area contributed by atoms with Crippen LogP contribution < -0.4 is 10.1 Å². The molecule has 21 heavy (non-hydrogen) atoms. The summed E-state index contributed by atoms with van der Waals surface area (Å²) in [4.78, 5) is 4.48. The number of aromatic nitrogens is 1. The Morgan fingerprint density at radius 3 is 2.62 bits per heavy atom. The lowest BCUT2D eigenvalue weighted by molar-refractivity contribution is 0.0858. The third-order valence-electron chi connectivity index (χ3n) is 4.26. The second-order valence-corrected chi connectivity index (χ2v) is 7.22. The van der Waals surface area contributed by atoms with Gasteiger partial charge in [0.2, 0.25) is 5.88 Å². The van der Waals surface area contributed by atoms with Gasteiger partial charge in [0.25, 0.3) is 0 Å². The Labute approximate surface area is 129 Å². The molecule has 118 valence electrons. The van der Waals surface area contributed by atoms with Crippen molar-refractivity contribution in [3.05, 3.63) is 23.9 Å². The van der Waals surface area contributed by atoms with Crippen LogP contribution in [0, 0.1) is 5.92 Å². The minimum absolute atomic E-state index is 0.131. The molecule has 0 bridgehead atoms. The summed E-state index contributed by atoms with van der Waals surface area (Å²) in [7, 11) is 0. The van der Waals surface area contributed by atoms with Gasteiger partial charge >= 0.3 is 0 Å². The highest BCUT2D eigenvalue weighted by atomic mass is 16.5. The van der Waals surface area contributed by atoms with Crippen LogP contribution in [-0.4, -0.2) is 16.6 Å². The van der Waals surface area contributed by atoms with E-state index in [0.717, 1.165) is 12.4 Å². The third kappa shape index (κ3) is 5.31. The van der Waals surface area contributed by atoms with Crippen molar-refractivity contribution in [1.82, 2.24) is 10.3 Å². The molecule has 1 fully saturated rings. The molecule has 0 radical (unpaired) electrons. The van der Waals surface area contributed by atoms with Crippen LogP contribution in [0.5, 0.6) is 5.88 Å². The van der Waals surface area contributed by atoms with Gasteiger partial charge in [-0.25, -0.2) is 4.98 Å². The van der Waals surface area contributed by atoms with Gasteiger partial charge in [0.05, 0.1) is 0 Å². The second kappa shape index (κ2) is 7.26. The smallest absolute Gasteiger partial charge is 0.213 e. The molecular weight excluding hydrogens is 260 g/mol. The molecule has 0 spiro atoms. The number of pyridine rings is 1. The molecule has 1 heterocycles. The van der Waals surface area contributed by atoms with Crippen LogP contribution in [0.4, 0.5) is 0 Å². The van der Waals surface area contributed by atoms with Crippen LogP contribution in [0.25, 0.3) is 0 Å². The molecular formula is C18H30N2O. The highest BCUT2D eigenvalue weighted by Crippen LogP contribution is 2.29. The van der Waals surface area contributed by atoms with Crippen LogP contribution >= 0.6 is 0 Å². The normalized spacial score (nSPS) is 23.0. The molecule has 1 aliphatic rings. The van der Waals surface area contributed by atoms with E-state index in [-0.39, 0.29) is 5.54 Å². The van der Waals surface area contributed by atoms with Crippen LogP contribution in [0.15, 0.2) is 18.3 Å². The Morgan fingerprint density at radius 1 is 1.24 bits per heavy atom. The molecule has 0 amide bonds. The summed E-state index contributed by atoms with van der Waals surface area (Å²) < 4.78 is 6.13. The summed E-state index contributed by atoms with van der Waals surface area (Å²) in [5.41, 5.74) is 1.33. The van der Waals surface area contributed by atoms with E-state index < -0.39 is 0 Å². The lowest BCUT2D eigenvalue weighted by Crippen LogP contribution is -2.35. The van der Waals surface area contributed by atoms with Crippen molar-refractivity contribution in [2.24, 2.45) is 5.92 Å². The predicted octanol–water partition coefficient (Wildman–Crippen LogP) is 4.32. The summed E-state index contributed by atoms with van der Waals surface area (Å²) in [6, 6.07) is 4.13. The molecule has 2 rings (SSSR count). The minimum Gasteiger partial charge on any atom is -0.474 e. The summed E-state index contributed by atoms with van der Waals surface area (Å²) >= 11 is 0. The molecule has 0 aromatic carbocycles. The first-order valence-corrected chi connectivity index (χ1v) is 8.34. The van der Waals surface area contributed by atoms with Crippen LogP contribution in [0.3, 0.4) is 0 Å². The maximum Gasteiger partial charge on any atom is 0.213 e. The largest absolute Gasteiger partial charge is 0.474 e. The molecule has 3 nitrogen and oxygen atoms in total. The molecule has 1 saturated carbocycles. The van der Waals surface area contributed by atoms with E-state index in [1.165, 1.54) is 37.7 Å². The van der Waals surface area contributed by atoms with E-state index in [1.807, 2.05) is 12.3 Å². The molecule has 1 N–H and O–H groups in total. The first-order chi connectivity index (χ1) is 9.98. The monoisotopic (exact) mass is 290 g/mol. The zero-order chi connectivity index (χ0) is 15.3. The summed E-state index contributed by atoms with van der Waals surface area (Å²) in [6.45, 7) is 9.63. The minimum atomic E-state index is 0.131. The average molecular weight is 290 g/mol. The number of hydrogen-bond donors (Lipinski definition) is 1. The van der Waals surface area contributed by atoms with Crippen molar-refractivity contribution in [2.75, 3.05) is 0 Å². The molecule has 1 aliphatic carbocycles. The summed E-state index contributed by atoms with van der Waals surface area (Å²) in [5.74, 6) is 1.47. The summed E-state index contributed by atoms with van der Waals surface area (Å²) in [5, 5.41) is 3.47.